The van der Waals surface area contributed by atoms with Crippen molar-refractivity contribution in [3.05, 3.63) is 0 Å². The molecule has 3 heteroatoms. The monoisotopic (exact) mass is 245 g/mol. The van der Waals surface area contributed by atoms with Gasteiger partial charge in [0, 0.05) is 5.25 Å². The van der Waals surface area contributed by atoms with Gasteiger partial charge in [-0.15, -0.1) is 11.8 Å². The molecule has 0 aromatic carbocycles. The summed E-state index contributed by atoms with van der Waals surface area (Å²) in [4.78, 5) is 10.8. The van der Waals surface area contributed by atoms with Gasteiger partial charge in [-0.2, -0.15) is 0 Å². The van der Waals surface area contributed by atoms with Crippen molar-refractivity contribution in [2.75, 3.05) is 5.75 Å². The largest absolute Gasteiger partial charge is 0.369 e. The van der Waals surface area contributed by atoms with E-state index in [1.165, 1.54) is 51.4 Å². The maximum Gasteiger partial charge on any atom is 0.227 e. The average Bonchev–Trinajstić information content (AvgIpc) is 2.25. The third-order valence-corrected chi connectivity index (χ3v) is 4.11. The van der Waals surface area contributed by atoms with E-state index in [1.54, 1.807) is 11.8 Å². The van der Waals surface area contributed by atoms with Crippen molar-refractivity contribution >= 4 is 17.7 Å². The van der Waals surface area contributed by atoms with Crippen LogP contribution in [0.4, 0.5) is 0 Å². The van der Waals surface area contributed by atoms with Crippen LogP contribution in [0, 0.1) is 0 Å². The van der Waals surface area contributed by atoms with Crippen LogP contribution in [0.5, 0.6) is 0 Å². The van der Waals surface area contributed by atoms with Crippen LogP contribution in [0.25, 0.3) is 0 Å². The molecule has 0 saturated carbocycles. The van der Waals surface area contributed by atoms with Gasteiger partial charge in [-0.25, -0.2) is 0 Å². The Labute approximate surface area is 105 Å². The Balaban J connectivity index is 3.71. The van der Waals surface area contributed by atoms with Crippen molar-refractivity contribution in [1.29, 1.82) is 0 Å². The number of hydrogen-bond donors (Lipinski definition) is 1. The van der Waals surface area contributed by atoms with Gasteiger partial charge in [0.05, 0.1) is 5.75 Å². The van der Waals surface area contributed by atoms with Crippen molar-refractivity contribution in [1.82, 2.24) is 0 Å². The van der Waals surface area contributed by atoms with Gasteiger partial charge in [0.1, 0.15) is 0 Å². The molecule has 0 bridgehead atoms. The summed E-state index contributed by atoms with van der Waals surface area (Å²) >= 11 is 1.76. The molecule has 0 radical (unpaired) electrons. The van der Waals surface area contributed by atoms with Gasteiger partial charge in [0.15, 0.2) is 0 Å². The first-order chi connectivity index (χ1) is 7.70. The average molecular weight is 245 g/mol. The summed E-state index contributed by atoms with van der Waals surface area (Å²) in [5, 5.41) is 0.644. The van der Waals surface area contributed by atoms with Crippen molar-refractivity contribution in [3.8, 4) is 0 Å². The quantitative estimate of drug-likeness (QED) is 0.564. The summed E-state index contributed by atoms with van der Waals surface area (Å²) in [6, 6.07) is 0. The van der Waals surface area contributed by atoms with E-state index in [9.17, 15) is 4.79 Å². The smallest absolute Gasteiger partial charge is 0.227 e. The predicted molar refractivity (Wildman–Crippen MR) is 73.7 cm³/mol. The van der Waals surface area contributed by atoms with Gasteiger partial charge < -0.3 is 5.73 Å². The van der Waals surface area contributed by atoms with Crippen LogP contribution in [0.15, 0.2) is 0 Å². The molecule has 0 rings (SSSR count). The standard InChI is InChI=1S/C13H27NOS/c1-3-5-7-9-12(10-8-6-4-2)16-11-13(14)15/h12H,3-11H2,1-2H3,(H2,14,15). The molecule has 2 N–H and O–H groups in total. The highest BCUT2D eigenvalue weighted by atomic mass is 32.2. The molecule has 0 aliphatic carbocycles. The number of rotatable bonds is 11. The SMILES string of the molecule is CCCCCC(CCCCC)SCC(N)=O. The lowest BCUT2D eigenvalue weighted by Gasteiger charge is -2.15. The number of carbonyl (C=O) groups is 1. The van der Waals surface area contributed by atoms with Gasteiger partial charge in [-0.3, -0.25) is 4.79 Å². The van der Waals surface area contributed by atoms with Crippen LogP contribution in [-0.4, -0.2) is 16.9 Å². The van der Waals surface area contributed by atoms with Crippen molar-refractivity contribution in [3.63, 3.8) is 0 Å². The predicted octanol–water partition coefficient (Wildman–Crippen LogP) is 3.73. The molecule has 0 aromatic rings. The Kier molecular flexibility index (Phi) is 11.2. The van der Waals surface area contributed by atoms with E-state index in [-0.39, 0.29) is 5.91 Å². The molecule has 0 spiro atoms. The van der Waals surface area contributed by atoms with E-state index in [2.05, 4.69) is 13.8 Å². The molecule has 2 nitrogen and oxygen atoms in total. The molecule has 0 unspecified atom stereocenters. The Morgan fingerprint density at radius 2 is 1.56 bits per heavy atom. The van der Waals surface area contributed by atoms with Crippen LogP contribution >= 0.6 is 11.8 Å². The van der Waals surface area contributed by atoms with Crippen LogP contribution in [0.1, 0.15) is 65.2 Å². The van der Waals surface area contributed by atoms with Gasteiger partial charge in [0.25, 0.3) is 0 Å². The van der Waals surface area contributed by atoms with E-state index in [0.29, 0.717) is 11.0 Å². The van der Waals surface area contributed by atoms with Crippen LogP contribution in [-0.2, 0) is 4.79 Å². The zero-order chi connectivity index (χ0) is 12.2. The number of nitrogens with two attached hydrogens (primary N) is 1. The molecule has 0 saturated heterocycles. The zero-order valence-corrected chi connectivity index (χ0v) is 11.7. The van der Waals surface area contributed by atoms with Crippen molar-refractivity contribution < 1.29 is 4.79 Å². The van der Waals surface area contributed by atoms with Gasteiger partial charge in [-0.1, -0.05) is 52.4 Å². The first-order valence-corrected chi connectivity index (χ1v) is 7.65. The van der Waals surface area contributed by atoms with E-state index in [1.807, 2.05) is 0 Å². The lowest BCUT2D eigenvalue weighted by atomic mass is 10.1. The summed E-state index contributed by atoms with van der Waals surface area (Å²) in [5.41, 5.74) is 5.19. The molecule has 0 aliphatic rings. The van der Waals surface area contributed by atoms with Crippen LogP contribution in [0.3, 0.4) is 0 Å². The van der Waals surface area contributed by atoms with Gasteiger partial charge in [-0.05, 0) is 12.8 Å². The normalized spacial score (nSPS) is 10.9. The zero-order valence-electron chi connectivity index (χ0n) is 10.8. The van der Waals surface area contributed by atoms with Crippen LogP contribution < -0.4 is 5.73 Å². The minimum atomic E-state index is -0.180. The van der Waals surface area contributed by atoms with Crippen molar-refractivity contribution in [2.24, 2.45) is 5.73 Å². The van der Waals surface area contributed by atoms with Gasteiger partial charge >= 0.3 is 0 Å². The number of unbranched alkanes of at least 4 members (excludes halogenated alkanes) is 4. The molecule has 0 aliphatic heterocycles. The number of amides is 1. The topological polar surface area (TPSA) is 43.1 Å². The molecular formula is C13H27NOS. The Morgan fingerprint density at radius 1 is 1.06 bits per heavy atom. The fraction of sp³-hybridized carbons (Fsp3) is 0.923. The highest BCUT2D eigenvalue weighted by Crippen LogP contribution is 2.23. The Hall–Kier alpha value is -0.180. The van der Waals surface area contributed by atoms with E-state index in [4.69, 9.17) is 5.73 Å². The fourth-order valence-electron chi connectivity index (χ4n) is 1.76. The summed E-state index contributed by atoms with van der Waals surface area (Å²) in [6.45, 7) is 4.45. The van der Waals surface area contributed by atoms with E-state index >= 15 is 0 Å². The molecule has 1 amide bonds. The number of primary amides is 1. The summed E-state index contributed by atoms with van der Waals surface area (Å²) < 4.78 is 0. The number of hydrogen-bond acceptors (Lipinski definition) is 2. The molecule has 0 aromatic heterocycles. The second kappa shape index (κ2) is 11.3. The van der Waals surface area contributed by atoms with Crippen molar-refractivity contribution in [2.45, 2.75) is 70.5 Å². The first kappa shape index (κ1) is 15.8. The number of thioether (sulfide) groups is 1. The lowest BCUT2D eigenvalue weighted by Crippen LogP contribution is -2.16. The molecule has 16 heavy (non-hydrogen) atoms. The number of carbonyl (C=O) groups excluding carboxylic acids is 1. The highest BCUT2D eigenvalue weighted by molar-refractivity contribution is 8.00. The lowest BCUT2D eigenvalue weighted by molar-refractivity contribution is -0.115. The third-order valence-electron chi connectivity index (χ3n) is 2.72. The van der Waals surface area contributed by atoms with Crippen LogP contribution in [0.2, 0.25) is 0 Å². The Morgan fingerprint density at radius 3 is 1.94 bits per heavy atom. The highest BCUT2D eigenvalue weighted by Gasteiger charge is 2.10. The molecule has 96 valence electrons. The second-order valence-electron chi connectivity index (χ2n) is 4.39. The summed E-state index contributed by atoms with van der Waals surface area (Å²) in [7, 11) is 0. The van der Waals surface area contributed by atoms with E-state index < -0.39 is 0 Å². The summed E-state index contributed by atoms with van der Waals surface area (Å²) in [6.07, 6.45) is 10.2. The van der Waals surface area contributed by atoms with Gasteiger partial charge in [0.2, 0.25) is 5.91 Å². The molecule has 0 atom stereocenters. The third kappa shape index (κ3) is 10.3. The maximum absolute atomic E-state index is 10.8. The summed E-state index contributed by atoms with van der Waals surface area (Å²) in [5.74, 6) is 0.309. The minimum absolute atomic E-state index is 0.180. The second-order valence-corrected chi connectivity index (χ2v) is 5.68. The molecule has 0 heterocycles. The van der Waals surface area contributed by atoms with E-state index in [0.717, 1.165) is 0 Å². The molecular weight excluding hydrogens is 218 g/mol. The maximum atomic E-state index is 10.8. The Bertz CT molecular complexity index is 163. The minimum Gasteiger partial charge on any atom is -0.369 e. The fourth-order valence-corrected chi connectivity index (χ4v) is 2.82. The first-order valence-electron chi connectivity index (χ1n) is 6.60. The molecule has 0 fully saturated rings.